The first kappa shape index (κ1) is 10.7. The van der Waals surface area contributed by atoms with Crippen LogP contribution in [0.2, 0.25) is 0 Å². The molecule has 3 aliphatic rings. The molecule has 2 heteroatoms. The molecule has 1 fully saturated rings. The van der Waals surface area contributed by atoms with Gasteiger partial charge in [0.25, 0.3) is 0 Å². The molecule has 84 valence electrons. The Labute approximate surface area is 91.7 Å². The fourth-order valence-electron chi connectivity index (χ4n) is 3.10. The van der Waals surface area contributed by atoms with Gasteiger partial charge in [-0.15, -0.1) is 0 Å². The Hall–Kier alpha value is -0.790. The Morgan fingerprint density at radius 3 is 2.73 bits per heavy atom. The molecule has 0 amide bonds. The van der Waals surface area contributed by atoms with Crippen LogP contribution in [0.4, 0.5) is 0 Å². The smallest absolute Gasteiger partial charge is 0.302 e. The molecule has 3 unspecified atom stereocenters. The third kappa shape index (κ3) is 1.82. The summed E-state index contributed by atoms with van der Waals surface area (Å²) in [6, 6.07) is 0. The predicted molar refractivity (Wildman–Crippen MR) is 59.3 cm³/mol. The van der Waals surface area contributed by atoms with Gasteiger partial charge in [-0.1, -0.05) is 26.0 Å². The Morgan fingerprint density at radius 1 is 1.47 bits per heavy atom. The number of ether oxygens (including phenoxy) is 1. The van der Waals surface area contributed by atoms with Crippen molar-refractivity contribution in [1.29, 1.82) is 0 Å². The molecule has 0 aromatic carbocycles. The summed E-state index contributed by atoms with van der Waals surface area (Å²) in [4.78, 5) is 10.7. The van der Waals surface area contributed by atoms with Crippen LogP contribution in [0.1, 0.15) is 33.6 Å². The number of rotatable bonds is 3. The van der Waals surface area contributed by atoms with Gasteiger partial charge in [-0.2, -0.15) is 0 Å². The van der Waals surface area contributed by atoms with Crippen molar-refractivity contribution < 1.29 is 9.53 Å². The normalized spacial score (nSPS) is 35.8. The van der Waals surface area contributed by atoms with E-state index in [2.05, 4.69) is 26.0 Å². The maximum absolute atomic E-state index is 10.7. The summed E-state index contributed by atoms with van der Waals surface area (Å²) < 4.78 is 5.01. The molecule has 0 saturated heterocycles. The summed E-state index contributed by atoms with van der Waals surface area (Å²) in [6.45, 7) is 6.75. The van der Waals surface area contributed by atoms with E-state index >= 15 is 0 Å². The summed E-state index contributed by atoms with van der Waals surface area (Å²) >= 11 is 0. The van der Waals surface area contributed by atoms with Gasteiger partial charge >= 0.3 is 5.97 Å². The number of fused-ring (bicyclic) bond motifs is 1. The first-order valence-corrected chi connectivity index (χ1v) is 5.83. The molecule has 0 radical (unpaired) electrons. The molecule has 0 aromatic heterocycles. The van der Waals surface area contributed by atoms with Crippen molar-refractivity contribution in [2.75, 3.05) is 6.61 Å². The summed E-state index contributed by atoms with van der Waals surface area (Å²) in [6.07, 6.45) is 7.00. The lowest BCUT2D eigenvalue weighted by molar-refractivity contribution is -0.141. The molecule has 0 aliphatic heterocycles. The SMILES string of the molecule is CC(=O)OCCC1C=CC2CC1C2(C)C. The molecule has 0 heterocycles. The van der Waals surface area contributed by atoms with Gasteiger partial charge in [0.05, 0.1) is 6.61 Å². The molecule has 0 aromatic rings. The summed E-state index contributed by atoms with van der Waals surface area (Å²) in [5, 5.41) is 0. The lowest BCUT2D eigenvalue weighted by Crippen LogP contribution is -2.50. The van der Waals surface area contributed by atoms with Gasteiger partial charge in [0.1, 0.15) is 0 Å². The van der Waals surface area contributed by atoms with Crippen molar-refractivity contribution in [2.45, 2.75) is 33.6 Å². The highest BCUT2D eigenvalue weighted by Crippen LogP contribution is 2.59. The molecule has 15 heavy (non-hydrogen) atoms. The quantitative estimate of drug-likeness (QED) is 0.526. The fourth-order valence-corrected chi connectivity index (χ4v) is 3.10. The number of esters is 1. The van der Waals surface area contributed by atoms with Crippen LogP contribution < -0.4 is 0 Å². The molecule has 0 spiro atoms. The molecule has 1 saturated carbocycles. The minimum atomic E-state index is -0.166. The Bertz CT molecular complexity index is 291. The van der Waals surface area contributed by atoms with Crippen molar-refractivity contribution in [3.8, 4) is 0 Å². The van der Waals surface area contributed by atoms with E-state index in [-0.39, 0.29) is 5.97 Å². The van der Waals surface area contributed by atoms with Crippen LogP contribution in [-0.4, -0.2) is 12.6 Å². The molecular weight excluding hydrogens is 188 g/mol. The second kappa shape index (κ2) is 3.66. The van der Waals surface area contributed by atoms with Crippen molar-refractivity contribution in [3.05, 3.63) is 12.2 Å². The van der Waals surface area contributed by atoms with Crippen LogP contribution in [-0.2, 0) is 9.53 Å². The molecule has 2 nitrogen and oxygen atoms in total. The van der Waals surface area contributed by atoms with E-state index in [0.29, 0.717) is 17.9 Å². The van der Waals surface area contributed by atoms with Gasteiger partial charge in [-0.05, 0) is 36.0 Å². The van der Waals surface area contributed by atoms with Gasteiger partial charge in [0, 0.05) is 6.92 Å². The first-order chi connectivity index (χ1) is 7.01. The second-order valence-corrected chi connectivity index (χ2v) is 5.45. The summed E-state index contributed by atoms with van der Waals surface area (Å²) in [5.41, 5.74) is 0.468. The molecule has 2 bridgehead atoms. The van der Waals surface area contributed by atoms with Crippen LogP contribution in [0.15, 0.2) is 12.2 Å². The van der Waals surface area contributed by atoms with Crippen LogP contribution in [0.25, 0.3) is 0 Å². The Balaban J connectivity index is 1.87. The second-order valence-electron chi connectivity index (χ2n) is 5.45. The predicted octanol–water partition coefficient (Wildman–Crippen LogP) is 2.79. The third-order valence-electron chi connectivity index (χ3n) is 4.28. The highest BCUT2D eigenvalue weighted by Gasteiger charge is 2.51. The van der Waals surface area contributed by atoms with Crippen LogP contribution in [0.5, 0.6) is 0 Å². The maximum Gasteiger partial charge on any atom is 0.302 e. The van der Waals surface area contributed by atoms with Crippen molar-refractivity contribution >= 4 is 5.97 Å². The molecule has 3 atom stereocenters. The van der Waals surface area contributed by atoms with E-state index in [0.717, 1.165) is 18.3 Å². The number of carbonyl (C=O) groups is 1. The number of hydrogen-bond donors (Lipinski definition) is 0. The van der Waals surface area contributed by atoms with E-state index in [1.165, 1.54) is 13.3 Å². The van der Waals surface area contributed by atoms with Crippen LogP contribution in [0, 0.1) is 23.2 Å². The van der Waals surface area contributed by atoms with Gasteiger partial charge in [-0.3, -0.25) is 4.79 Å². The van der Waals surface area contributed by atoms with Gasteiger partial charge in [-0.25, -0.2) is 0 Å². The minimum Gasteiger partial charge on any atom is -0.466 e. The first-order valence-electron chi connectivity index (χ1n) is 5.83. The van der Waals surface area contributed by atoms with E-state index in [1.807, 2.05) is 0 Å². The molecular formula is C13H20O2. The highest BCUT2D eigenvalue weighted by molar-refractivity contribution is 5.65. The standard InChI is InChI=1S/C13H20O2/c1-9(14)15-7-6-10-4-5-11-8-12(10)13(11,2)3/h4-5,10-12H,6-8H2,1-3H3. The topological polar surface area (TPSA) is 26.3 Å². The van der Waals surface area contributed by atoms with Crippen molar-refractivity contribution in [3.63, 3.8) is 0 Å². The number of hydrogen-bond acceptors (Lipinski definition) is 2. The van der Waals surface area contributed by atoms with E-state index < -0.39 is 0 Å². The highest BCUT2D eigenvalue weighted by atomic mass is 16.5. The molecule has 0 N–H and O–H groups in total. The van der Waals surface area contributed by atoms with Gasteiger partial charge in [0.15, 0.2) is 0 Å². The zero-order valence-electron chi connectivity index (χ0n) is 9.82. The van der Waals surface area contributed by atoms with E-state index in [1.54, 1.807) is 0 Å². The van der Waals surface area contributed by atoms with Crippen LogP contribution in [0.3, 0.4) is 0 Å². The average molecular weight is 208 g/mol. The average Bonchev–Trinajstić information content (AvgIpc) is 2.17. The zero-order valence-corrected chi connectivity index (χ0v) is 9.82. The van der Waals surface area contributed by atoms with Crippen LogP contribution >= 0.6 is 0 Å². The van der Waals surface area contributed by atoms with Gasteiger partial charge < -0.3 is 4.74 Å². The number of allylic oxidation sites excluding steroid dienone is 2. The van der Waals surface area contributed by atoms with Crippen molar-refractivity contribution in [1.82, 2.24) is 0 Å². The van der Waals surface area contributed by atoms with Crippen molar-refractivity contribution in [2.24, 2.45) is 23.2 Å². The zero-order chi connectivity index (χ0) is 11.1. The summed E-state index contributed by atoms with van der Waals surface area (Å²) in [5.74, 6) is 2.03. The van der Waals surface area contributed by atoms with E-state index in [4.69, 9.17) is 4.74 Å². The Kier molecular flexibility index (Phi) is 2.61. The number of carbonyl (C=O) groups excluding carboxylic acids is 1. The largest absolute Gasteiger partial charge is 0.466 e. The van der Waals surface area contributed by atoms with Gasteiger partial charge in [0.2, 0.25) is 0 Å². The molecule has 3 rings (SSSR count). The fraction of sp³-hybridized carbons (Fsp3) is 0.769. The maximum atomic E-state index is 10.7. The third-order valence-corrected chi connectivity index (χ3v) is 4.28. The lowest BCUT2D eigenvalue weighted by Gasteiger charge is -2.57. The lowest BCUT2D eigenvalue weighted by atomic mass is 9.48. The molecule has 3 aliphatic carbocycles. The monoisotopic (exact) mass is 208 g/mol. The summed E-state index contributed by atoms with van der Waals surface area (Å²) in [7, 11) is 0. The minimum absolute atomic E-state index is 0.166. The Morgan fingerprint density at radius 2 is 2.20 bits per heavy atom. The van der Waals surface area contributed by atoms with E-state index in [9.17, 15) is 4.79 Å².